The van der Waals surface area contributed by atoms with E-state index in [0.29, 0.717) is 24.8 Å². The zero-order valence-corrected chi connectivity index (χ0v) is 11.5. The van der Waals surface area contributed by atoms with Crippen molar-refractivity contribution in [3.8, 4) is 0 Å². The summed E-state index contributed by atoms with van der Waals surface area (Å²) in [5.74, 6) is 0.226. The molecule has 0 aliphatic carbocycles. The third-order valence-corrected chi connectivity index (χ3v) is 2.95. The van der Waals surface area contributed by atoms with Crippen LogP contribution in [0.4, 0.5) is 5.69 Å². The number of anilines is 1. The van der Waals surface area contributed by atoms with Gasteiger partial charge in [0.15, 0.2) is 5.82 Å². The summed E-state index contributed by atoms with van der Waals surface area (Å²) in [7, 11) is 0. The van der Waals surface area contributed by atoms with Gasteiger partial charge in [0.2, 0.25) is 5.89 Å². The molecule has 0 aliphatic rings. The molecule has 0 radical (unpaired) electrons. The van der Waals surface area contributed by atoms with Gasteiger partial charge in [-0.25, -0.2) is 0 Å². The summed E-state index contributed by atoms with van der Waals surface area (Å²) in [6, 6.07) is 7.82. The van der Waals surface area contributed by atoms with Gasteiger partial charge in [-0.2, -0.15) is 4.98 Å². The molecule has 0 atom stereocenters. The zero-order chi connectivity index (χ0) is 14.5. The molecule has 2 aromatic rings. The summed E-state index contributed by atoms with van der Waals surface area (Å²) in [5, 5.41) is 12.6. The van der Waals surface area contributed by atoms with Crippen LogP contribution in [0.3, 0.4) is 0 Å². The molecule has 1 aromatic heterocycles. The number of rotatable bonds is 6. The number of carboxylic acid groups (broad SMARTS) is 1. The van der Waals surface area contributed by atoms with Crippen molar-refractivity contribution in [2.24, 2.45) is 0 Å². The molecule has 2 rings (SSSR count). The normalized spacial score (nSPS) is 10.5. The quantitative estimate of drug-likeness (QED) is 0.870. The van der Waals surface area contributed by atoms with Gasteiger partial charge in [-0.1, -0.05) is 23.4 Å². The molecule has 0 unspecified atom stereocenters. The Morgan fingerprint density at radius 2 is 2.10 bits per heavy atom. The van der Waals surface area contributed by atoms with E-state index in [1.807, 2.05) is 36.1 Å². The zero-order valence-electron chi connectivity index (χ0n) is 11.5. The lowest BCUT2D eigenvalue weighted by molar-refractivity contribution is -0.136. The number of para-hydroxylation sites is 1. The van der Waals surface area contributed by atoms with Crippen LogP contribution in [0.5, 0.6) is 0 Å². The molecular formula is C14H17N3O3. The van der Waals surface area contributed by atoms with E-state index < -0.39 is 5.97 Å². The van der Waals surface area contributed by atoms with Crippen molar-refractivity contribution < 1.29 is 14.4 Å². The second kappa shape index (κ2) is 6.18. The average molecular weight is 275 g/mol. The van der Waals surface area contributed by atoms with E-state index in [2.05, 4.69) is 10.1 Å². The minimum absolute atomic E-state index is 0.0570. The number of benzene rings is 1. The fourth-order valence-corrected chi connectivity index (χ4v) is 2.00. The van der Waals surface area contributed by atoms with Gasteiger partial charge in [0.1, 0.15) is 0 Å². The van der Waals surface area contributed by atoms with Crippen LogP contribution in [-0.2, 0) is 11.3 Å². The Morgan fingerprint density at radius 3 is 2.70 bits per heavy atom. The molecule has 0 amide bonds. The van der Waals surface area contributed by atoms with Crippen LogP contribution in [0, 0.1) is 13.8 Å². The Labute approximate surface area is 117 Å². The number of aromatic nitrogens is 2. The van der Waals surface area contributed by atoms with Gasteiger partial charge >= 0.3 is 5.97 Å². The fourth-order valence-electron chi connectivity index (χ4n) is 2.00. The second-order valence-corrected chi connectivity index (χ2v) is 4.59. The molecule has 0 fully saturated rings. The van der Waals surface area contributed by atoms with Crippen molar-refractivity contribution in [1.29, 1.82) is 0 Å². The maximum atomic E-state index is 10.8. The lowest BCUT2D eigenvalue weighted by Gasteiger charge is -2.24. The van der Waals surface area contributed by atoms with Crippen molar-refractivity contribution in [1.82, 2.24) is 10.1 Å². The molecule has 1 heterocycles. The van der Waals surface area contributed by atoms with E-state index in [1.54, 1.807) is 6.92 Å². The smallest absolute Gasteiger partial charge is 0.305 e. The number of hydrogen-bond acceptors (Lipinski definition) is 5. The largest absolute Gasteiger partial charge is 0.481 e. The van der Waals surface area contributed by atoms with E-state index >= 15 is 0 Å². The predicted molar refractivity (Wildman–Crippen MR) is 73.5 cm³/mol. The monoisotopic (exact) mass is 275 g/mol. The number of nitrogens with zero attached hydrogens (tertiary/aromatic N) is 3. The Bertz CT molecular complexity index is 595. The maximum Gasteiger partial charge on any atom is 0.305 e. The SMILES string of the molecule is Cc1noc(CN(CCC(=O)O)c2ccccc2C)n1. The molecule has 106 valence electrons. The van der Waals surface area contributed by atoms with E-state index in [-0.39, 0.29) is 6.42 Å². The van der Waals surface area contributed by atoms with Crippen LogP contribution in [0.15, 0.2) is 28.8 Å². The van der Waals surface area contributed by atoms with Crippen LogP contribution >= 0.6 is 0 Å². The molecule has 0 saturated carbocycles. The molecule has 1 N–H and O–H groups in total. The van der Waals surface area contributed by atoms with Gasteiger partial charge in [0.25, 0.3) is 0 Å². The number of aryl methyl sites for hydroxylation is 2. The summed E-state index contributed by atoms with van der Waals surface area (Å²) in [4.78, 5) is 16.9. The highest BCUT2D eigenvalue weighted by molar-refractivity contribution is 5.68. The van der Waals surface area contributed by atoms with Gasteiger partial charge in [0, 0.05) is 12.2 Å². The third-order valence-electron chi connectivity index (χ3n) is 2.95. The highest BCUT2D eigenvalue weighted by Crippen LogP contribution is 2.21. The Balaban J connectivity index is 2.20. The van der Waals surface area contributed by atoms with Gasteiger partial charge < -0.3 is 14.5 Å². The third kappa shape index (κ3) is 3.57. The summed E-state index contributed by atoms with van der Waals surface area (Å²) < 4.78 is 5.11. The molecule has 20 heavy (non-hydrogen) atoms. The molecular weight excluding hydrogens is 258 g/mol. The van der Waals surface area contributed by atoms with Gasteiger partial charge in [0.05, 0.1) is 13.0 Å². The highest BCUT2D eigenvalue weighted by atomic mass is 16.5. The number of aliphatic carboxylic acids is 1. The molecule has 0 spiro atoms. The lowest BCUT2D eigenvalue weighted by atomic mass is 10.1. The van der Waals surface area contributed by atoms with Gasteiger partial charge in [-0.15, -0.1) is 0 Å². The number of carbonyl (C=O) groups is 1. The predicted octanol–water partition coefficient (Wildman–Crippen LogP) is 2.17. The molecule has 0 saturated heterocycles. The standard InChI is InChI=1S/C14H17N3O3/c1-10-5-3-4-6-12(10)17(8-7-14(18)19)9-13-15-11(2)16-20-13/h3-6H,7-9H2,1-2H3,(H,18,19). The van der Waals surface area contributed by atoms with Gasteiger partial charge in [-0.05, 0) is 25.5 Å². The van der Waals surface area contributed by atoms with Crippen LogP contribution < -0.4 is 4.90 Å². The summed E-state index contributed by atoms with van der Waals surface area (Å²) in [6.07, 6.45) is 0.0570. The van der Waals surface area contributed by atoms with Crippen molar-refractivity contribution in [2.45, 2.75) is 26.8 Å². The first kappa shape index (κ1) is 14.0. The minimum Gasteiger partial charge on any atom is -0.481 e. The molecule has 1 aromatic carbocycles. The van der Waals surface area contributed by atoms with E-state index in [0.717, 1.165) is 11.3 Å². The number of carboxylic acids is 1. The van der Waals surface area contributed by atoms with Crippen molar-refractivity contribution >= 4 is 11.7 Å². The van der Waals surface area contributed by atoms with Crippen LogP contribution in [0.1, 0.15) is 23.7 Å². The van der Waals surface area contributed by atoms with Crippen LogP contribution in [0.2, 0.25) is 0 Å². The number of hydrogen-bond donors (Lipinski definition) is 1. The van der Waals surface area contributed by atoms with Gasteiger partial charge in [-0.3, -0.25) is 4.79 Å². The van der Waals surface area contributed by atoms with E-state index in [9.17, 15) is 4.79 Å². The summed E-state index contributed by atoms with van der Waals surface area (Å²) in [5.41, 5.74) is 2.05. The summed E-state index contributed by atoms with van der Waals surface area (Å²) in [6.45, 7) is 4.53. The first-order valence-electron chi connectivity index (χ1n) is 6.38. The Kier molecular flexibility index (Phi) is 4.34. The highest BCUT2D eigenvalue weighted by Gasteiger charge is 2.14. The second-order valence-electron chi connectivity index (χ2n) is 4.59. The van der Waals surface area contributed by atoms with Crippen molar-refractivity contribution in [3.05, 3.63) is 41.5 Å². The Hall–Kier alpha value is -2.37. The van der Waals surface area contributed by atoms with Crippen molar-refractivity contribution in [3.63, 3.8) is 0 Å². The molecule has 0 aliphatic heterocycles. The summed E-state index contributed by atoms with van der Waals surface area (Å²) >= 11 is 0. The van der Waals surface area contributed by atoms with E-state index in [4.69, 9.17) is 9.63 Å². The molecule has 0 bridgehead atoms. The fraction of sp³-hybridized carbons (Fsp3) is 0.357. The molecule has 6 heteroatoms. The topological polar surface area (TPSA) is 79.5 Å². The van der Waals surface area contributed by atoms with E-state index in [1.165, 1.54) is 0 Å². The Morgan fingerprint density at radius 1 is 1.35 bits per heavy atom. The van der Waals surface area contributed by atoms with Crippen molar-refractivity contribution in [2.75, 3.05) is 11.4 Å². The first-order valence-corrected chi connectivity index (χ1v) is 6.38. The first-order chi connectivity index (χ1) is 9.56. The average Bonchev–Trinajstić information content (AvgIpc) is 2.81. The minimum atomic E-state index is -0.828. The molecule has 6 nitrogen and oxygen atoms in total. The van der Waals surface area contributed by atoms with Crippen LogP contribution in [0.25, 0.3) is 0 Å². The lowest BCUT2D eigenvalue weighted by Crippen LogP contribution is -2.26. The van der Waals surface area contributed by atoms with Crippen LogP contribution in [-0.4, -0.2) is 27.8 Å². The maximum absolute atomic E-state index is 10.8.